The van der Waals surface area contributed by atoms with E-state index < -0.39 is 0 Å². The lowest BCUT2D eigenvalue weighted by Gasteiger charge is -2.09. The first-order valence-electron chi connectivity index (χ1n) is 5.48. The summed E-state index contributed by atoms with van der Waals surface area (Å²) >= 11 is 0. The predicted molar refractivity (Wildman–Crippen MR) is 61.6 cm³/mol. The molecule has 5 heteroatoms. The van der Waals surface area contributed by atoms with Crippen LogP contribution >= 0.6 is 0 Å². The van der Waals surface area contributed by atoms with Gasteiger partial charge in [0.25, 0.3) is 5.56 Å². The number of H-pyrrole nitrogens is 1. The second-order valence-corrected chi connectivity index (χ2v) is 4.13. The Hall–Kier alpha value is -1.72. The molecule has 0 radical (unpaired) electrons. The molecule has 1 aliphatic rings. The fourth-order valence-electron chi connectivity index (χ4n) is 1.91. The van der Waals surface area contributed by atoms with Crippen molar-refractivity contribution in [3.8, 4) is 0 Å². The third kappa shape index (κ3) is 1.83. The lowest BCUT2D eigenvalue weighted by atomic mass is 10.2. The van der Waals surface area contributed by atoms with Crippen LogP contribution in [0.1, 0.15) is 18.8 Å². The number of hydrogen-bond donors (Lipinski definition) is 1. The average molecular weight is 232 g/mol. The van der Waals surface area contributed by atoms with Gasteiger partial charge in [0.2, 0.25) is 0 Å². The van der Waals surface area contributed by atoms with Crippen LogP contribution in [0.25, 0.3) is 10.9 Å². The second-order valence-electron chi connectivity index (χ2n) is 4.13. The molecule has 2 unspecified atom stereocenters. The van der Waals surface area contributed by atoms with Crippen LogP contribution in [-0.4, -0.2) is 22.7 Å². The molecular weight excluding hydrogens is 220 g/mol. The summed E-state index contributed by atoms with van der Waals surface area (Å²) in [6.07, 6.45) is 2.95. The topological polar surface area (TPSA) is 64.2 Å². The quantitative estimate of drug-likeness (QED) is 0.806. The van der Waals surface area contributed by atoms with E-state index in [-0.39, 0.29) is 18.0 Å². The van der Waals surface area contributed by atoms with E-state index in [1.807, 2.05) is 19.1 Å². The molecule has 1 N–H and O–H groups in total. The van der Waals surface area contributed by atoms with Crippen LogP contribution in [0.2, 0.25) is 0 Å². The number of rotatable bonds is 1. The molecular formula is C12H12N2O3. The van der Waals surface area contributed by atoms with Crippen LogP contribution in [0.4, 0.5) is 0 Å². The maximum Gasteiger partial charge on any atom is 0.274 e. The van der Waals surface area contributed by atoms with Crippen molar-refractivity contribution in [1.82, 2.24) is 9.97 Å². The van der Waals surface area contributed by atoms with E-state index in [4.69, 9.17) is 9.47 Å². The number of aromatic amines is 1. The van der Waals surface area contributed by atoms with E-state index >= 15 is 0 Å². The standard InChI is InChI=1S/C12H12N2O3/c1-7-6-16-12(17-7)9-4-8-2-3-13-11(15)10(8)14-5-9/h2-5,7,12H,6H2,1H3,(H,13,15). The highest BCUT2D eigenvalue weighted by Gasteiger charge is 2.24. The van der Waals surface area contributed by atoms with Gasteiger partial charge in [0, 0.05) is 23.3 Å². The van der Waals surface area contributed by atoms with Crippen molar-refractivity contribution >= 4 is 10.9 Å². The Morgan fingerprint density at radius 2 is 2.41 bits per heavy atom. The van der Waals surface area contributed by atoms with Crippen molar-refractivity contribution in [1.29, 1.82) is 0 Å². The number of aromatic nitrogens is 2. The zero-order valence-electron chi connectivity index (χ0n) is 9.34. The summed E-state index contributed by atoms with van der Waals surface area (Å²) in [6.45, 7) is 2.54. The minimum Gasteiger partial charge on any atom is -0.346 e. The monoisotopic (exact) mass is 232 g/mol. The van der Waals surface area contributed by atoms with Gasteiger partial charge in [0.1, 0.15) is 5.52 Å². The molecule has 2 aromatic rings. The lowest BCUT2D eigenvalue weighted by molar-refractivity contribution is -0.0573. The molecule has 0 spiro atoms. The summed E-state index contributed by atoms with van der Waals surface area (Å²) in [7, 11) is 0. The molecule has 0 saturated carbocycles. The third-order valence-electron chi connectivity index (χ3n) is 2.74. The van der Waals surface area contributed by atoms with Crippen molar-refractivity contribution < 1.29 is 9.47 Å². The van der Waals surface area contributed by atoms with E-state index in [1.54, 1.807) is 12.4 Å². The number of ether oxygens (including phenoxy) is 2. The molecule has 0 bridgehead atoms. The molecule has 0 amide bonds. The second kappa shape index (κ2) is 3.94. The fraction of sp³-hybridized carbons (Fsp3) is 0.333. The molecule has 1 saturated heterocycles. The Kier molecular flexibility index (Phi) is 2.42. The SMILES string of the molecule is CC1COC(c2cnc3c(=O)[nH]ccc3c2)O1. The minimum absolute atomic E-state index is 0.0925. The number of fused-ring (bicyclic) bond motifs is 1. The first-order chi connectivity index (χ1) is 8.24. The molecule has 2 atom stereocenters. The summed E-state index contributed by atoms with van der Waals surface area (Å²) in [5, 5.41) is 0.790. The zero-order chi connectivity index (χ0) is 11.8. The van der Waals surface area contributed by atoms with Gasteiger partial charge in [-0.05, 0) is 19.1 Å². The van der Waals surface area contributed by atoms with Crippen LogP contribution in [0.5, 0.6) is 0 Å². The van der Waals surface area contributed by atoms with Crippen LogP contribution in [0.3, 0.4) is 0 Å². The molecule has 0 aliphatic carbocycles. The molecule has 88 valence electrons. The molecule has 3 heterocycles. The van der Waals surface area contributed by atoms with Crippen molar-refractivity contribution in [3.63, 3.8) is 0 Å². The molecule has 1 fully saturated rings. The zero-order valence-corrected chi connectivity index (χ0v) is 9.34. The highest BCUT2D eigenvalue weighted by Crippen LogP contribution is 2.27. The van der Waals surface area contributed by atoms with Crippen LogP contribution in [0.15, 0.2) is 29.3 Å². The minimum atomic E-state index is -0.374. The number of nitrogens with zero attached hydrogens (tertiary/aromatic N) is 1. The van der Waals surface area contributed by atoms with Gasteiger partial charge in [-0.15, -0.1) is 0 Å². The van der Waals surface area contributed by atoms with Gasteiger partial charge < -0.3 is 14.5 Å². The van der Waals surface area contributed by atoms with E-state index in [0.717, 1.165) is 10.9 Å². The number of hydrogen-bond acceptors (Lipinski definition) is 4. The summed E-state index contributed by atoms with van der Waals surface area (Å²) in [4.78, 5) is 18.2. The number of pyridine rings is 2. The van der Waals surface area contributed by atoms with Gasteiger partial charge >= 0.3 is 0 Å². The Balaban J connectivity index is 2.05. The van der Waals surface area contributed by atoms with Gasteiger partial charge in [-0.1, -0.05) is 0 Å². The Labute approximate surface area is 97.4 Å². The number of nitrogens with one attached hydrogen (secondary N) is 1. The van der Waals surface area contributed by atoms with Crippen molar-refractivity contribution in [2.45, 2.75) is 19.3 Å². The van der Waals surface area contributed by atoms with Gasteiger partial charge in [0.05, 0.1) is 12.7 Å². The lowest BCUT2D eigenvalue weighted by Crippen LogP contribution is -2.08. The normalized spacial score (nSPS) is 24.3. The molecule has 2 aromatic heterocycles. The van der Waals surface area contributed by atoms with Crippen LogP contribution < -0.4 is 5.56 Å². The first kappa shape index (κ1) is 10.4. The molecule has 0 aromatic carbocycles. The highest BCUT2D eigenvalue weighted by molar-refractivity contribution is 5.77. The molecule has 3 rings (SSSR count). The maximum atomic E-state index is 11.5. The maximum absolute atomic E-state index is 11.5. The summed E-state index contributed by atoms with van der Waals surface area (Å²) in [5.74, 6) is 0. The summed E-state index contributed by atoms with van der Waals surface area (Å²) in [5.41, 5.74) is 1.09. The summed E-state index contributed by atoms with van der Waals surface area (Å²) in [6, 6.07) is 3.69. The van der Waals surface area contributed by atoms with E-state index in [9.17, 15) is 4.79 Å². The largest absolute Gasteiger partial charge is 0.346 e. The van der Waals surface area contributed by atoms with Gasteiger partial charge in [0.15, 0.2) is 6.29 Å². The van der Waals surface area contributed by atoms with E-state index in [2.05, 4.69) is 9.97 Å². The first-order valence-corrected chi connectivity index (χ1v) is 5.48. The van der Waals surface area contributed by atoms with Crippen molar-refractivity contribution in [3.05, 3.63) is 40.4 Å². The van der Waals surface area contributed by atoms with Crippen LogP contribution in [-0.2, 0) is 9.47 Å². The summed E-state index contributed by atoms with van der Waals surface area (Å²) < 4.78 is 11.1. The molecule has 1 aliphatic heterocycles. The van der Waals surface area contributed by atoms with Gasteiger partial charge in [-0.25, -0.2) is 4.98 Å². The predicted octanol–water partition coefficient (Wildman–Crippen LogP) is 1.36. The average Bonchev–Trinajstić information content (AvgIpc) is 2.76. The smallest absolute Gasteiger partial charge is 0.274 e. The van der Waals surface area contributed by atoms with Gasteiger partial charge in [-0.3, -0.25) is 4.79 Å². The van der Waals surface area contributed by atoms with Crippen molar-refractivity contribution in [2.24, 2.45) is 0 Å². The Morgan fingerprint density at radius 1 is 1.53 bits per heavy atom. The van der Waals surface area contributed by atoms with Gasteiger partial charge in [-0.2, -0.15) is 0 Å². The van der Waals surface area contributed by atoms with E-state index in [0.29, 0.717) is 12.1 Å². The highest BCUT2D eigenvalue weighted by atomic mass is 16.7. The third-order valence-corrected chi connectivity index (χ3v) is 2.74. The Morgan fingerprint density at radius 3 is 3.18 bits per heavy atom. The van der Waals surface area contributed by atoms with E-state index in [1.165, 1.54) is 0 Å². The fourth-order valence-corrected chi connectivity index (χ4v) is 1.91. The van der Waals surface area contributed by atoms with Crippen LogP contribution in [0, 0.1) is 0 Å². The molecule has 17 heavy (non-hydrogen) atoms. The molecule has 5 nitrogen and oxygen atoms in total. The Bertz CT molecular complexity index is 608. The van der Waals surface area contributed by atoms with Crippen molar-refractivity contribution in [2.75, 3.05) is 6.61 Å².